The maximum Gasteiger partial charge on any atom is 0.471 e. The molecule has 23 heavy (non-hydrogen) atoms. The normalized spacial score (nSPS) is 11.6. The lowest BCUT2D eigenvalue weighted by Gasteiger charge is -2.08. The van der Waals surface area contributed by atoms with E-state index in [0.29, 0.717) is 17.8 Å². The highest BCUT2D eigenvalue weighted by Gasteiger charge is 2.39. The summed E-state index contributed by atoms with van der Waals surface area (Å²) in [6.45, 7) is 0. The number of anilines is 1. The Kier molecular flexibility index (Phi) is 3.77. The van der Waals surface area contributed by atoms with Gasteiger partial charge >= 0.3 is 12.1 Å². The van der Waals surface area contributed by atoms with Crippen molar-refractivity contribution in [2.75, 3.05) is 5.32 Å². The molecule has 0 bridgehead atoms. The van der Waals surface area contributed by atoms with Crippen LogP contribution in [0.25, 0.3) is 5.65 Å². The number of amides is 1. The molecule has 7 heteroatoms. The van der Waals surface area contributed by atoms with E-state index in [1.54, 1.807) is 28.8 Å². The molecule has 0 aliphatic carbocycles. The number of carbonyl (C=O) groups excluding carboxylic acids is 1. The molecule has 0 atom stereocenters. The van der Waals surface area contributed by atoms with Crippen molar-refractivity contribution in [2.45, 2.75) is 12.6 Å². The molecule has 0 spiro atoms. The van der Waals surface area contributed by atoms with Gasteiger partial charge in [-0.2, -0.15) is 13.2 Å². The van der Waals surface area contributed by atoms with E-state index in [0.717, 1.165) is 5.56 Å². The first-order valence-electron chi connectivity index (χ1n) is 6.83. The van der Waals surface area contributed by atoms with Gasteiger partial charge in [-0.25, -0.2) is 4.98 Å². The van der Waals surface area contributed by atoms with Crippen molar-refractivity contribution < 1.29 is 18.0 Å². The number of hydrogen-bond acceptors (Lipinski definition) is 2. The Labute approximate surface area is 129 Å². The largest absolute Gasteiger partial charge is 0.471 e. The third-order valence-electron chi connectivity index (χ3n) is 3.33. The van der Waals surface area contributed by atoms with E-state index in [2.05, 4.69) is 4.98 Å². The van der Waals surface area contributed by atoms with Crippen LogP contribution in [0.4, 0.5) is 19.0 Å². The van der Waals surface area contributed by atoms with Gasteiger partial charge in [0.15, 0.2) is 5.82 Å². The van der Waals surface area contributed by atoms with Gasteiger partial charge in [0.2, 0.25) is 0 Å². The van der Waals surface area contributed by atoms with Crippen LogP contribution in [-0.4, -0.2) is 21.5 Å². The number of pyridine rings is 1. The van der Waals surface area contributed by atoms with Gasteiger partial charge in [-0.15, -0.1) is 0 Å². The van der Waals surface area contributed by atoms with Gasteiger partial charge in [0.25, 0.3) is 0 Å². The monoisotopic (exact) mass is 319 g/mol. The molecule has 0 saturated heterocycles. The van der Waals surface area contributed by atoms with Gasteiger partial charge in [-0.3, -0.25) is 4.79 Å². The summed E-state index contributed by atoms with van der Waals surface area (Å²) in [4.78, 5) is 15.3. The minimum absolute atomic E-state index is 0.0811. The number of imidazole rings is 1. The van der Waals surface area contributed by atoms with Gasteiger partial charge in [-0.1, -0.05) is 36.4 Å². The fraction of sp³-hybridized carbons (Fsp3) is 0.125. The fourth-order valence-electron chi connectivity index (χ4n) is 2.28. The van der Waals surface area contributed by atoms with E-state index in [1.807, 2.05) is 35.6 Å². The second kappa shape index (κ2) is 5.75. The van der Waals surface area contributed by atoms with Gasteiger partial charge in [0.05, 0.1) is 5.69 Å². The number of hydrogen-bond donors (Lipinski definition) is 1. The van der Waals surface area contributed by atoms with E-state index in [1.165, 1.54) is 0 Å². The number of fused-ring (bicyclic) bond motifs is 1. The van der Waals surface area contributed by atoms with Gasteiger partial charge in [-0.05, 0) is 17.7 Å². The van der Waals surface area contributed by atoms with Crippen LogP contribution in [-0.2, 0) is 11.2 Å². The summed E-state index contributed by atoms with van der Waals surface area (Å²) in [7, 11) is 0. The number of carbonyl (C=O) groups is 1. The van der Waals surface area contributed by atoms with Gasteiger partial charge in [0.1, 0.15) is 5.65 Å². The van der Waals surface area contributed by atoms with Crippen molar-refractivity contribution >= 4 is 17.4 Å². The highest BCUT2D eigenvalue weighted by Crippen LogP contribution is 2.24. The number of halogens is 3. The molecule has 1 amide bonds. The highest BCUT2D eigenvalue weighted by atomic mass is 19.4. The van der Waals surface area contributed by atoms with Crippen LogP contribution in [0, 0.1) is 0 Å². The number of benzene rings is 1. The number of nitrogens with zero attached hydrogens (tertiary/aromatic N) is 2. The van der Waals surface area contributed by atoms with Gasteiger partial charge in [0, 0.05) is 12.6 Å². The molecule has 0 unspecified atom stereocenters. The molecule has 4 nitrogen and oxygen atoms in total. The minimum Gasteiger partial charge on any atom is -0.301 e. The predicted octanol–water partition coefficient (Wildman–Crippen LogP) is 3.43. The zero-order valence-electron chi connectivity index (χ0n) is 11.8. The quantitative estimate of drug-likeness (QED) is 0.804. The molecular weight excluding hydrogens is 307 g/mol. The first kappa shape index (κ1) is 15.1. The second-order valence-electron chi connectivity index (χ2n) is 4.95. The van der Waals surface area contributed by atoms with Crippen molar-refractivity contribution in [2.24, 2.45) is 0 Å². The Bertz CT molecular complexity index is 841. The molecule has 0 saturated carbocycles. The number of aromatic nitrogens is 2. The van der Waals surface area contributed by atoms with Crippen LogP contribution in [0.5, 0.6) is 0 Å². The Morgan fingerprint density at radius 2 is 1.78 bits per heavy atom. The van der Waals surface area contributed by atoms with Crippen LogP contribution >= 0.6 is 0 Å². The van der Waals surface area contributed by atoms with Crippen molar-refractivity contribution in [1.29, 1.82) is 0 Å². The third-order valence-corrected chi connectivity index (χ3v) is 3.33. The maximum atomic E-state index is 12.5. The summed E-state index contributed by atoms with van der Waals surface area (Å²) in [5.41, 5.74) is 1.86. The highest BCUT2D eigenvalue weighted by molar-refractivity contribution is 5.95. The number of rotatable bonds is 3. The van der Waals surface area contributed by atoms with Gasteiger partial charge < -0.3 is 9.72 Å². The topological polar surface area (TPSA) is 46.4 Å². The molecule has 0 fully saturated rings. The number of nitrogens with one attached hydrogen (secondary N) is 1. The average Bonchev–Trinajstić information content (AvgIpc) is 2.85. The average molecular weight is 319 g/mol. The molecule has 2 heterocycles. The predicted molar refractivity (Wildman–Crippen MR) is 79.1 cm³/mol. The van der Waals surface area contributed by atoms with E-state index in [9.17, 15) is 18.0 Å². The fourth-order valence-corrected chi connectivity index (χ4v) is 2.28. The van der Waals surface area contributed by atoms with Crippen LogP contribution in [0.2, 0.25) is 0 Å². The number of alkyl halides is 3. The Morgan fingerprint density at radius 3 is 2.48 bits per heavy atom. The summed E-state index contributed by atoms with van der Waals surface area (Å²) in [6, 6.07) is 14.4. The molecule has 0 aliphatic rings. The Morgan fingerprint density at radius 1 is 1.09 bits per heavy atom. The summed E-state index contributed by atoms with van der Waals surface area (Å²) in [5.74, 6) is -2.11. The zero-order valence-corrected chi connectivity index (χ0v) is 11.8. The lowest BCUT2D eigenvalue weighted by Crippen LogP contribution is -2.30. The first-order valence-corrected chi connectivity index (χ1v) is 6.83. The zero-order chi connectivity index (χ0) is 16.4. The van der Waals surface area contributed by atoms with E-state index in [4.69, 9.17) is 0 Å². The van der Waals surface area contributed by atoms with Crippen LogP contribution in [0.3, 0.4) is 0 Å². The standard InChI is InChI=1S/C16H12F3N3O/c17-16(18,19)15(23)21-14-12(10-11-6-2-1-3-7-11)22-9-5-4-8-13(22)20-14/h1-9H,10H2,(H,21,23). The van der Waals surface area contributed by atoms with E-state index < -0.39 is 12.1 Å². The molecule has 2 aromatic heterocycles. The summed E-state index contributed by atoms with van der Waals surface area (Å²) in [5, 5.41) is 1.86. The van der Waals surface area contributed by atoms with Crippen molar-refractivity contribution in [1.82, 2.24) is 9.38 Å². The molecule has 1 N–H and O–H groups in total. The molecule has 118 valence electrons. The lowest BCUT2D eigenvalue weighted by molar-refractivity contribution is -0.167. The molecule has 0 aliphatic heterocycles. The van der Waals surface area contributed by atoms with Crippen molar-refractivity contribution in [3.05, 3.63) is 66.0 Å². The molecule has 0 radical (unpaired) electrons. The third kappa shape index (κ3) is 3.18. The summed E-state index contributed by atoms with van der Waals surface area (Å²) < 4.78 is 39.2. The van der Waals surface area contributed by atoms with Crippen molar-refractivity contribution in [3.8, 4) is 0 Å². The lowest BCUT2D eigenvalue weighted by atomic mass is 10.1. The van der Waals surface area contributed by atoms with Crippen molar-refractivity contribution in [3.63, 3.8) is 0 Å². The molecule has 3 aromatic rings. The van der Waals surface area contributed by atoms with E-state index in [-0.39, 0.29) is 5.82 Å². The maximum absolute atomic E-state index is 12.5. The summed E-state index contributed by atoms with van der Waals surface area (Å²) >= 11 is 0. The molecular formula is C16H12F3N3O. The minimum atomic E-state index is -4.96. The van der Waals surface area contributed by atoms with Crippen LogP contribution < -0.4 is 5.32 Å². The second-order valence-corrected chi connectivity index (χ2v) is 4.95. The first-order chi connectivity index (χ1) is 10.9. The molecule has 3 rings (SSSR count). The Balaban J connectivity index is 2.03. The van der Waals surface area contributed by atoms with E-state index >= 15 is 0 Å². The molecule has 1 aromatic carbocycles. The van der Waals surface area contributed by atoms with Crippen LogP contribution in [0.15, 0.2) is 54.7 Å². The SMILES string of the molecule is O=C(Nc1nc2ccccn2c1Cc1ccccc1)C(F)(F)F. The Hall–Kier alpha value is -2.83. The summed E-state index contributed by atoms with van der Waals surface area (Å²) in [6.07, 6.45) is -2.91. The smallest absolute Gasteiger partial charge is 0.301 e. The van der Waals surface area contributed by atoms with Crippen LogP contribution in [0.1, 0.15) is 11.3 Å².